The van der Waals surface area contributed by atoms with Gasteiger partial charge < -0.3 is 9.47 Å². The smallest absolute Gasteiger partial charge is 0.0561 e. The molecule has 1 fully saturated rings. The molecule has 12 rings (SSSR count). The minimum absolute atomic E-state index is 0.154. The number of aromatic nitrogens is 1. The molecule has 266 valence electrons. The Morgan fingerprint density at radius 2 is 1.14 bits per heavy atom. The quantitative estimate of drug-likeness (QED) is 0.171. The molecular formula is C53H38N2S. The molecule has 56 heavy (non-hydrogen) atoms. The SMILES string of the molecule is c1ccc(-n2c3ccccc3c3ccc(N(c4ccc(-c5ccc6c(c5)C5(CCCC5)c5ccccc5-6)cc4)c4cccc5sc6ccccc6c45)cc32)cc1. The molecule has 3 heteroatoms. The van der Waals surface area contributed by atoms with E-state index >= 15 is 0 Å². The second kappa shape index (κ2) is 12.3. The predicted octanol–water partition coefficient (Wildman–Crippen LogP) is 15.1. The molecule has 1 saturated carbocycles. The summed E-state index contributed by atoms with van der Waals surface area (Å²) in [6, 6.07) is 67.9. The van der Waals surface area contributed by atoms with Gasteiger partial charge in [-0.3, -0.25) is 0 Å². The van der Waals surface area contributed by atoms with Crippen molar-refractivity contribution in [2.75, 3.05) is 4.90 Å². The number of para-hydroxylation sites is 2. The minimum Gasteiger partial charge on any atom is -0.310 e. The van der Waals surface area contributed by atoms with Crippen LogP contribution in [0.5, 0.6) is 0 Å². The van der Waals surface area contributed by atoms with E-state index in [-0.39, 0.29) is 5.41 Å². The van der Waals surface area contributed by atoms with Gasteiger partial charge in [0.25, 0.3) is 0 Å². The highest BCUT2D eigenvalue weighted by Gasteiger charge is 2.44. The van der Waals surface area contributed by atoms with Crippen LogP contribution in [0.1, 0.15) is 36.8 Å². The van der Waals surface area contributed by atoms with Crippen LogP contribution in [-0.2, 0) is 5.41 Å². The summed E-state index contributed by atoms with van der Waals surface area (Å²) in [4.78, 5) is 2.48. The summed E-state index contributed by atoms with van der Waals surface area (Å²) in [5.41, 5.74) is 15.6. The Labute approximate surface area is 330 Å². The topological polar surface area (TPSA) is 8.17 Å². The van der Waals surface area contributed by atoms with Crippen LogP contribution in [0.3, 0.4) is 0 Å². The molecule has 2 aliphatic carbocycles. The maximum Gasteiger partial charge on any atom is 0.0561 e. The summed E-state index contributed by atoms with van der Waals surface area (Å²) in [6.45, 7) is 0. The number of hydrogen-bond acceptors (Lipinski definition) is 2. The Kier molecular flexibility index (Phi) is 7.00. The lowest BCUT2D eigenvalue weighted by atomic mass is 9.76. The van der Waals surface area contributed by atoms with Crippen molar-refractivity contribution < 1.29 is 0 Å². The summed E-state index contributed by atoms with van der Waals surface area (Å²) >= 11 is 1.87. The third-order valence-corrected chi connectivity index (χ3v) is 13.9. The van der Waals surface area contributed by atoms with E-state index in [1.807, 2.05) is 11.3 Å². The van der Waals surface area contributed by atoms with Crippen LogP contribution in [0.4, 0.5) is 17.1 Å². The van der Waals surface area contributed by atoms with E-state index in [0.717, 1.165) is 17.1 Å². The highest BCUT2D eigenvalue weighted by atomic mass is 32.1. The predicted molar refractivity (Wildman–Crippen MR) is 238 cm³/mol. The first-order chi connectivity index (χ1) is 27.7. The Morgan fingerprint density at radius 1 is 0.464 bits per heavy atom. The Morgan fingerprint density at radius 3 is 2.02 bits per heavy atom. The lowest BCUT2D eigenvalue weighted by Gasteiger charge is -2.27. The molecule has 0 N–H and O–H groups in total. The number of rotatable bonds is 5. The Bertz CT molecular complexity index is 3140. The molecule has 2 heterocycles. The van der Waals surface area contributed by atoms with E-state index in [1.54, 1.807) is 0 Å². The van der Waals surface area contributed by atoms with Crippen molar-refractivity contribution in [3.63, 3.8) is 0 Å². The van der Waals surface area contributed by atoms with Crippen LogP contribution >= 0.6 is 11.3 Å². The van der Waals surface area contributed by atoms with Crippen molar-refractivity contribution in [3.05, 3.63) is 193 Å². The minimum atomic E-state index is 0.154. The van der Waals surface area contributed by atoms with Crippen LogP contribution in [0.2, 0.25) is 0 Å². The number of anilines is 3. The van der Waals surface area contributed by atoms with Gasteiger partial charge in [0.1, 0.15) is 0 Å². The molecule has 0 atom stereocenters. The summed E-state index contributed by atoms with van der Waals surface area (Å²) in [6.07, 6.45) is 5.08. The van der Waals surface area contributed by atoms with Gasteiger partial charge in [0.15, 0.2) is 0 Å². The van der Waals surface area contributed by atoms with Crippen molar-refractivity contribution >= 4 is 70.4 Å². The van der Waals surface area contributed by atoms with E-state index in [2.05, 4.69) is 191 Å². The molecule has 0 unspecified atom stereocenters. The molecule has 0 radical (unpaired) electrons. The fourth-order valence-corrected chi connectivity index (χ4v) is 11.4. The monoisotopic (exact) mass is 734 g/mol. The molecule has 2 aromatic heterocycles. The van der Waals surface area contributed by atoms with Crippen molar-refractivity contribution in [2.45, 2.75) is 31.1 Å². The number of hydrogen-bond donors (Lipinski definition) is 0. The van der Waals surface area contributed by atoms with Crippen LogP contribution in [-0.4, -0.2) is 4.57 Å². The van der Waals surface area contributed by atoms with Gasteiger partial charge in [0, 0.05) is 53.4 Å². The van der Waals surface area contributed by atoms with E-state index in [4.69, 9.17) is 0 Å². The first-order valence-corrected chi connectivity index (χ1v) is 20.7. The number of benzene rings is 8. The Hall–Kier alpha value is -6.42. The standard InChI is InChI=1S/C53H38N2S/c1-2-13-37(14-3-1)55-47-19-8-5-16-42(47)43-30-28-39(34-49(43)55)54(48-20-12-22-51-52(48)44-17-6-9-21-50(44)56-51)38-26-23-35(24-27-38)36-25-29-41-40-15-4-7-18-45(40)53(46(41)33-36)31-10-11-32-53/h1-9,12-30,33-34H,10-11,31-32H2. The van der Waals surface area contributed by atoms with Crippen LogP contribution in [0.25, 0.3) is 69.9 Å². The van der Waals surface area contributed by atoms with Crippen LogP contribution in [0.15, 0.2) is 182 Å². The highest BCUT2D eigenvalue weighted by molar-refractivity contribution is 7.26. The molecule has 8 aromatic carbocycles. The summed E-state index contributed by atoms with van der Waals surface area (Å²) in [5, 5.41) is 5.10. The van der Waals surface area contributed by atoms with E-state index in [9.17, 15) is 0 Å². The maximum atomic E-state index is 2.52. The molecule has 2 aliphatic rings. The number of nitrogens with zero attached hydrogens (tertiary/aromatic N) is 2. The zero-order chi connectivity index (χ0) is 36.8. The number of thiophene rings is 1. The first-order valence-electron chi connectivity index (χ1n) is 19.9. The second-order valence-corrected chi connectivity index (χ2v) is 16.7. The van der Waals surface area contributed by atoms with Crippen molar-refractivity contribution in [3.8, 4) is 27.9 Å². The molecule has 10 aromatic rings. The van der Waals surface area contributed by atoms with Gasteiger partial charge in [-0.25, -0.2) is 0 Å². The average Bonchev–Trinajstić information content (AvgIpc) is 4.04. The van der Waals surface area contributed by atoms with Gasteiger partial charge in [-0.15, -0.1) is 11.3 Å². The normalized spacial score (nSPS) is 14.3. The second-order valence-electron chi connectivity index (χ2n) is 15.6. The molecule has 0 aliphatic heterocycles. The lowest BCUT2D eigenvalue weighted by Crippen LogP contribution is -2.20. The van der Waals surface area contributed by atoms with E-state index in [1.165, 1.54) is 107 Å². The fraction of sp³-hybridized carbons (Fsp3) is 0.0943. The molecule has 2 nitrogen and oxygen atoms in total. The van der Waals surface area contributed by atoms with Crippen molar-refractivity contribution in [2.24, 2.45) is 0 Å². The summed E-state index contributed by atoms with van der Waals surface area (Å²) in [5.74, 6) is 0. The zero-order valence-electron chi connectivity index (χ0n) is 31.0. The number of fused-ring (bicyclic) bond motifs is 11. The van der Waals surface area contributed by atoms with Gasteiger partial charge in [-0.05, 0) is 113 Å². The van der Waals surface area contributed by atoms with Crippen LogP contribution in [0, 0.1) is 0 Å². The average molecular weight is 735 g/mol. The van der Waals surface area contributed by atoms with Gasteiger partial charge in [-0.1, -0.05) is 128 Å². The molecule has 1 spiro atoms. The largest absolute Gasteiger partial charge is 0.310 e. The molecule has 0 saturated heterocycles. The van der Waals surface area contributed by atoms with Crippen LogP contribution < -0.4 is 4.90 Å². The van der Waals surface area contributed by atoms with Crippen molar-refractivity contribution in [1.82, 2.24) is 4.57 Å². The van der Waals surface area contributed by atoms with Gasteiger partial charge >= 0.3 is 0 Å². The zero-order valence-corrected chi connectivity index (χ0v) is 31.8. The van der Waals surface area contributed by atoms with E-state index < -0.39 is 0 Å². The van der Waals surface area contributed by atoms with Crippen molar-refractivity contribution in [1.29, 1.82) is 0 Å². The van der Waals surface area contributed by atoms with Gasteiger partial charge in [0.2, 0.25) is 0 Å². The fourth-order valence-electron chi connectivity index (χ4n) is 10.3. The molecule has 0 bridgehead atoms. The first kappa shape index (κ1) is 31.9. The summed E-state index contributed by atoms with van der Waals surface area (Å²) < 4.78 is 5.02. The van der Waals surface area contributed by atoms with E-state index in [0.29, 0.717) is 0 Å². The van der Waals surface area contributed by atoms with Gasteiger partial charge in [0.05, 0.1) is 16.7 Å². The lowest BCUT2D eigenvalue weighted by molar-refractivity contribution is 0.550. The maximum absolute atomic E-state index is 2.52. The third-order valence-electron chi connectivity index (χ3n) is 12.7. The van der Waals surface area contributed by atoms with Gasteiger partial charge in [-0.2, -0.15) is 0 Å². The molecular weight excluding hydrogens is 697 g/mol. The Balaban J connectivity index is 1.04. The third kappa shape index (κ3) is 4.61. The molecule has 0 amide bonds. The summed E-state index contributed by atoms with van der Waals surface area (Å²) in [7, 11) is 0. The highest BCUT2D eigenvalue weighted by Crippen LogP contribution is 2.57.